The molecule has 0 aromatic carbocycles. The van der Waals surface area contributed by atoms with Gasteiger partial charge in [0, 0.05) is 6.42 Å². The fourth-order valence-corrected chi connectivity index (χ4v) is 2.49. The van der Waals surface area contributed by atoms with Gasteiger partial charge in [0.1, 0.15) is 24.2 Å². The highest BCUT2D eigenvalue weighted by Gasteiger charge is 2.33. The van der Waals surface area contributed by atoms with Crippen molar-refractivity contribution in [2.75, 3.05) is 0 Å². The molecule has 182 valence electrons. The predicted molar refractivity (Wildman–Crippen MR) is 110 cm³/mol. The van der Waals surface area contributed by atoms with Gasteiger partial charge in [-0.05, 0) is 19.3 Å². The number of carboxylic acids is 1. The van der Waals surface area contributed by atoms with E-state index in [9.17, 15) is 39.0 Å². The first-order valence-corrected chi connectivity index (χ1v) is 9.81. The van der Waals surface area contributed by atoms with Gasteiger partial charge in [-0.1, -0.05) is 13.8 Å². The number of carboxylic acid groups (broad SMARTS) is 1. The van der Waals surface area contributed by atoms with E-state index >= 15 is 0 Å². The number of nitrogens with two attached hydrogens (primary N) is 3. The van der Waals surface area contributed by atoms with E-state index in [0.29, 0.717) is 0 Å². The van der Waals surface area contributed by atoms with Crippen LogP contribution in [-0.4, -0.2) is 76.0 Å². The Morgan fingerprint density at radius 2 is 1.34 bits per heavy atom. The average Bonchev–Trinajstić information content (AvgIpc) is 2.66. The minimum Gasteiger partial charge on any atom is -0.480 e. The van der Waals surface area contributed by atoms with Gasteiger partial charge in [0.05, 0.1) is 12.5 Å². The maximum Gasteiger partial charge on any atom is 0.326 e. The second-order valence-electron chi connectivity index (χ2n) is 7.63. The van der Waals surface area contributed by atoms with Crippen LogP contribution in [0.5, 0.6) is 0 Å². The zero-order chi connectivity index (χ0) is 25.2. The third kappa shape index (κ3) is 10.2. The van der Waals surface area contributed by atoms with Gasteiger partial charge in [-0.3, -0.25) is 24.0 Å². The van der Waals surface area contributed by atoms with Crippen LogP contribution in [-0.2, 0) is 28.8 Å². The summed E-state index contributed by atoms with van der Waals surface area (Å²) in [5, 5.41) is 25.4. The second-order valence-corrected chi connectivity index (χ2v) is 7.63. The molecule has 0 rings (SSSR count). The minimum atomic E-state index is -1.56. The van der Waals surface area contributed by atoms with Crippen LogP contribution in [0, 0.1) is 5.92 Å². The number of primary amides is 2. The largest absolute Gasteiger partial charge is 0.480 e. The molecule has 0 saturated carbocycles. The summed E-state index contributed by atoms with van der Waals surface area (Å²) in [6.07, 6.45) is -2.48. The highest BCUT2D eigenvalue weighted by molar-refractivity contribution is 5.96. The summed E-state index contributed by atoms with van der Waals surface area (Å²) in [6, 6.07) is -5.57. The Bertz CT molecular complexity index is 726. The van der Waals surface area contributed by atoms with Crippen LogP contribution >= 0.6 is 0 Å². The van der Waals surface area contributed by atoms with Gasteiger partial charge in [-0.25, -0.2) is 4.79 Å². The smallest absolute Gasteiger partial charge is 0.326 e. The number of carbonyl (C=O) groups excluding carboxylic acids is 5. The number of rotatable bonds is 14. The van der Waals surface area contributed by atoms with Gasteiger partial charge in [0.15, 0.2) is 0 Å². The van der Waals surface area contributed by atoms with Gasteiger partial charge in [-0.15, -0.1) is 0 Å². The van der Waals surface area contributed by atoms with Gasteiger partial charge < -0.3 is 43.4 Å². The molecule has 0 aromatic heterocycles. The molecule has 0 aromatic rings. The second kappa shape index (κ2) is 13.2. The van der Waals surface area contributed by atoms with Crippen LogP contribution in [0.15, 0.2) is 0 Å². The molecule has 0 aliphatic heterocycles. The molecular weight excluding hydrogens is 428 g/mol. The molecule has 0 aliphatic carbocycles. The van der Waals surface area contributed by atoms with E-state index < -0.39 is 78.1 Å². The Hall–Kier alpha value is -3.26. The fraction of sp³-hybridized carbons (Fsp3) is 0.667. The van der Waals surface area contributed by atoms with Crippen molar-refractivity contribution in [1.29, 1.82) is 0 Å². The predicted octanol–water partition coefficient (Wildman–Crippen LogP) is -3.97. The topological polar surface area (TPSA) is 257 Å². The summed E-state index contributed by atoms with van der Waals surface area (Å²) < 4.78 is 0. The molecule has 0 bridgehead atoms. The Morgan fingerprint density at radius 3 is 1.75 bits per heavy atom. The molecule has 32 heavy (non-hydrogen) atoms. The van der Waals surface area contributed by atoms with Crippen molar-refractivity contribution in [2.24, 2.45) is 23.1 Å². The van der Waals surface area contributed by atoms with E-state index in [1.165, 1.54) is 6.92 Å². The monoisotopic (exact) mass is 460 g/mol. The van der Waals surface area contributed by atoms with Crippen LogP contribution in [0.1, 0.15) is 40.0 Å². The summed E-state index contributed by atoms with van der Waals surface area (Å²) in [4.78, 5) is 70.9. The SMILES string of the molecule is CC(C)C(NC(=O)C(N)C(C)O)C(=O)NC(CC(N)=O)C(=O)NC(CCC(N)=O)C(=O)O. The lowest BCUT2D eigenvalue weighted by atomic mass is 10.0. The maximum absolute atomic E-state index is 12.7. The van der Waals surface area contributed by atoms with Crippen LogP contribution in [0.4, 0.5) is 0 Å². The molecule has 14 nitrogen and oxygen atoms in total. The number of hydrogen-bond donors (Lipinski definition) is 8. The van der Waals surface area contributed by atoms with Gasteiger partial charge in [-0.2, -0.15) is 0 Å². The van der Waals surface area contributed by atoms with Crippen molar-refractivity contribution in [1.82, 2.24) is 16.0 Å². The normalized spacial score (nSPS) is 15.6. The number of aliphatic hydroxyl groups is 1. The number of hydrogen-bond acceptors (Lipinski definition) is 8. The minimum absolute atomic E-state index is 0.310. The Balaban J connectivity index is 5.47. The van der Waals surface area contributed by atoms with Gasteiger partial charge in [0.2, 0.25) is 29.5 Å². The summed E-state index contributed by atoms with van der Waals surface area (Å²) in [7, 11) is 0. The lowest BCUT2D eigenvalue weighted by molar-refractivity contribution is -0.143. The summed E-state index contributed by atoms with van der Waals surface area (Å²) in [5.74, 6) is -6.40. The quantitative estimate of drug-likeness (QED) is 0.125. The molecular formula is C18H32N6O8. The standard InChI is InChI=1S/C18H32N6O8/c1-7(2)14(24-16(29)13(21)8(3)25)17(30)23-10(6-12(20)27)15(28)22-9(18(31)32)4-5-11(19)26/h7-10,13-14,25H,4-6,21H2,1-3H3,(H2,19,26)(H2,20,27)(H,22,28)(H,23,30)(H,24,29)(H,31,32). The molecule has 0 radical (unpaired) electrons. The van der Waals surface area contributed by atoms with E-state index in [-0.39, 0.29) is 12.8 Å². The van der Waals surface area contributed by atoms with Crippen LogP contribution < -0.4 is 33.2 Å². The lowest BCUT2D eigenvalue weighted by Gasteiger charge is -2.27. The van der Waals surface area contributed by atoms with Gasteiger partial charge >= 0.3 is 5.97 Å². The molecule has 5 atom stereocenters. The van der Waals surface area contributed by atoms with Crippen LogP contribution in [0.25, 0.3) is 0 Å². The third-order valence-corrected chi connectivity index (χ3v) is 4.40. The van der Waals surface area contributed by atoms with Crippen LogP contribution in [0.2, 0.25) is 0 Å². The number of aliphatic carboxylic acids is 1. The first kappa shape index (κ1) is 28.7. The molecule has 14 heteroatoms. The molecule has 0 spiro atoms. The van der Waals surface area contributed by atoms with Crippen molar-refractivity contribution in [3.8, 4) is 0 Å². The van der Waals surface area contributed by atoms with E-state index in [4.69, 9.17) is 17.2 Å². The van der Waals surface area contributed by atoms with E-state index in [2.05, 4.69) is 16.0 Å². The average molecular weight is 460 g/mol. The Labute approximate surface area is 184 Å². The molecule has 5 amide bonds. The van der Waals surface area contributed by atoms with E-state index in [1.807, 2.05) is 0 Å². The molecule has 11 N–H and O–H groups in total. The summed E-state index contributed by atoms with van der Waals surface area (Å²) in [5.41, 5.74) is 15.7. The number of nitrogens with one attached hydrogen (secondary N) is 3. The van der Waals surface area contributed by atoms with Crippen molar-refractivity contribution >= 4 is 35.5 Å². The Morgan fingerprint density at radius 1 is 0.812 bits per heavy atom. The first-order chi connectivity index (χ1) is 14.7. The molecule has 0 fully saturated rings. The van der Waals surface area contributed by atoms with Crippen LogP contribution in [0.3, 0.4) is 0 Å². The zero-order valence-electron chi connectivity index (χ0n) is 18.2. The molecule has 0 heterocycles. The van der Waals surface area contributed by atoms with Crippen molar-refractivity contribution < 1.29 is 39.0 Å². The van der Waals surface area contributed by atoms with Crippen molar-refractivity contribution in [3.05, 3.63) is 0 Å². The van der Waals surface area contributed by atoms with E-state index in [0.717, 1.165) is 0 Å². The molecule has 0 aliphatic rings. The fourth-order valence-electron chi connectivity index (χ4n) is 2.49. The number of amides is 5. The lowest BCUT2D eigenvalue weighted by Crippen LogP contribution is -2.59. The number of carbonyl (C=O) groups is 6. The molecule has 0 saturated heterocycles. The maximum atomic E-state index is 12.7. The van der Waals surface area contributed by atoms with Gasteiger partial charge in [0.25, 0.3) is 0 Å². The van der Waals surface area contributed by atoms with E-state index in [1.54, 1.807) is 13.8 Å². The van der Waals surface area contributed by atoms with Crippen molar-refractivity contribution in [2.45, 2.75) is 70.3 Å². The summed E-state index contributed by atoms with van der Waals surface area (Å²) in [6.45, 7) is 4.47. The summed E-state index contributed by atoms with van der Waals surface area (Å²) >= 11 is 0. The first-order valence-electron chi connectivity index (χ1n) is 9.81. The number of aliphatic hydroxyl groups excluding tert-OH is 1. The molecule has 5 unspecified atom stereocenters. The zero-order valence-corrected chi connectivity index (χ0v) is 18.2. The Kier molecular flexibility index (Phi) is 11.9. The highest BCUT2D eigenvalue weighted by Crippen LogP contribution is 2.06. The van der Waals surface area contributed by atoms with Crippen molar-refractivity contribution in [3.63, 3.8) is 0 Å². The highest BCUT2D eigenvalue weighted by atomic mass is 16.4. The third-order valence-electron chi connectivity index (χ3n) is 4.40.